The zero-order chi connectivity index (χ0) is 10.1. The van der Waals surface area contributed by atoms with Gasteiger partial charge in [0.05, 0.1) is 13.7 Å². The molecule has 3 nitrogen and oxygen atoms in total. The Labute approximate surface area is 79.4 Å². The van der Waals surface area contributed by atoms with Gasteiger partial charge in [-0.25, -0.2) is 4.79 Å². The van der Waals surface area contributed by atoms with Crippen molar-refractivity contribution >= 4 is 5.97 Å². The van der Waals surface area contributed by atoms with Gasteiger partial charge in [0.25, 0.3) is 0 Å². The third-order valence-corrected chi connectivity index (χ3v) is 2.83. The van der Waals surface area contributed by atoms with E-state index in [0.29, 0.717) is 12.5 Å². The van der Waals surface area contributed by atoms with E-state index >= 15 is 0 Å². The molecule has 2 atom stereocenters. The number of rotatable bonds is 4. The van der Waals surface area contributed by atoms with E-state index in [-0.39, 0.29) is 11.9 Å². The van der Waals surface area contributed by atoms with Crippen LogP contribution in [0, 0.1) is 11.8 Å². The molecule has 1 saturated heterocycles. The zero-order valence-electron chi connectivity index (χ0n) is 8.79. The Hall–Kier alpha value is -0.570. The van der Waals surface area contributed by atoms with E-state index in [4.69, 9.17) is 9.47 Å². The fraction of sp³-hybridized carbons (Fsp3) is 0.900. The maximum absolute atomic E-state index is 11.5. The summed E-state index contributed by atoms with van der Waals surface area (Å²) >= 11 is 0. The highest BCUT2D eigenvalue weighted by Crippen LogP contribution is 2.42. The molecule has 0 aromatic carbocycles. The van der Waals surface area contributed by atoms with Gasteiger partial charge >= 0.3 is 5.97 Å². The van der Waals surface area contributed by atoms with Crippen LogP contribution in [0.5, 0.6) is 0 Å². The van der Waals surface area contributed by atoms with E-state index in [1.807, 2.05) is 0 Å². The van der Waals surface area contributed by atoms with Crippen LogP contribution in [0.4, 0.5) is 0 Å². The molecule has 0 saturated carbocycles. The molecule has 1 rings (SSSR count). The summed E-state index contributed by atoms with van der Waals surface area (Å²) in [6, 6.07) is 0. The van der Waals surface area contributed by atoms with Crippen LogP contribution in [0.1, 0.15) is 27.2 Å². The van der Waals surface area contributed by atoms with Gasteiger partial charge in [-0.15, -0.1) is 0 Å². The molecule has 0 aromatic heterocycles. The summed E-state index contributed by atoms with van der Waals surface area (Å²) in [5.74, 6) is 0.514. The van der Waals surface area contributed by atoms with Crippen molar-refractivity contribution in [2.24, 2.45) is 11.8 Å². The minimum atomic E-state index is -0.613. The van der Waals surface area contributed by atoms with Gasteiger partial charge in [0, 0.05) is 5.92 Å². The molecule has 1 aliphatic rings. The summed E-state index contributed by atoms with van der Waals surface area (Å²) in [7, 11) is 1.42. The van der Waals surface area contributed by atoms with Crippen LogP contribution in [0.25, 0.3) is 0 Å². The van der Waals surface area contributed by atoms with Crippen LogP contribution in [-0.4, -0.2) is 25.3 Å². The fourth-order valence-electron chi connectivity index (χ4n) is 2.07. The molecule has 0 aliphatic carbocycles. The number of esters is 1. The van der Waals surface area contributed by atoms with Crippen LogP contribution in [-0.2, 0) is 14.3 Å². The van der Waals surface area contributed by atoms with Gasteiger partial charge < -0.3 is 9.47 Å². The maximum Gasteiger partial charge on any atom is 0.340 e. The van der Waals surface area contributed by atoms with Crippen molar-refractivity contribution in [3.63, 3.8) is 0 Å². The monoisotopic (exact) mass is 186 g/mol. The van der Waals surface area contributed by atoms with Gasteiger partial charge in [0.2, 0.25) is 0 Å². The van der Waals surface area contributed by atoms with E-state index in [1.165, 1.54) is 7.11 Å². The van der Waals surface area contributed by atoms with Crippen molar-refractivity contribution < 1.29 is 14.3 Å². The van der Waals surface area contributed by atoms with E-state index in [9.17, 15) is 4.79 Å². The van der Waals surface area contributed by atoms with Crippen molar-refractivity contribution in [2.75, 3.05) is 13.7 Å². The first-order valence-electron chi connectivity index (χ1n) is 4.80. The highest BCUT2D eigenvalue weighted by Gasteiger charge is 2.59. The van der Waals surface area contributed by atoms with Gasteiger partial charge in [-0.05, 0) is 12.3 Å². The Morgan fingerprint density at radius 3 is 2.38 bits per heavy atom. The Bertz CT molecular complexity index is 194. The van der Waals surface area contributed by atoms with Gasteiger partial charge in [-0.3, -0.25) is 0 Å². The molecule has 1 aliphatic heterocycles. The molecule has 0 bridgehead atoms. The van der Waals surface area contributed by atoms with Gasteiger partial charge in [0.1, 0.15) is 0 Å². The van der Waals surface area contributed by atoms with Crippen molar-refractivity contribution in [3.8, 4) is 0 Å². The number of methoxy groups -OCH3 is 1. The first-order chi connectivity index (χ1) is 6.08. The first kappa shape index (κ1) is 10.5. The largest absolute Gasteiger partial charge is 0.467 e. The molecule has 1 heterocycles. The van der Waals surface area contributed by atoms with Crippen molar-refractivity contribution in [1.29, 1.82) is 0 Å². The summed E-state index contributed by atoms with van der Waals surface area (Å²) in [5.41, 5.74) is -0.613. The number of carbonyl (C=O) groups excluding carboxylic acids is 1. The Kier molecular flexibility index (Phi) is 2.96. The predicted molar refractivity (Wildman–Crippen MR) is 49.3 cm³/mol. The Morgan fingerprint density at radius 2 is 2.15 bits per heavy atom. The lowest BCUT2D eigenvalue weighted by Crippen LogP contribution is -2.37. The van der Waals surface area contributed by atoms with Crippen LogP contribution in [0.15, 0.2) is 0 Å². The average Bonchev–Trinajstić information content (AvgIpc) is 2.85. The molecular formula is C10H18O3. The number of hydrogen-bond donors (Lipinski definition) is 0. The van der Waals surface area contributed by atoms with Crippen LogP contribution >= 0.6 is 0 Å². The molecule has 0 N–H and O–H groups in total. The molecule has 76 valence electrons. The first-order valence-corrected chi connectivity index (χ1v) is 4.80. The average molecular weight is 186 g/mol. The zero-order valence-corrected chi connectivity index (χ0v) is 8.79. The number of epoxide rings is 1. The number of hydrogen-bond acceptors (Lipinski definition) is 3. The Morgan fingerprint density at radius 1 is 1.62 bits per heavy atom. The number of ether oxygens (including phenoxy) is 2. The lowest BCUT2D eigenvalue weighted by molar-refractivity contribution is -0.150. The summed E-state index contributed by atoms with van der Waals surface area (Å²) < 4.78 is 10.0. The minimum absolute atomic E-state index is 0.215. The van der Waals surface area contributed by atoms with E-state index in [1.54, 1.807) is 0 Å². The normalized spacial score (nSPS) is 28.7. The summed E-state index contributed by atoms with van der Waals surface area (Å²) in [5, 5.41) is 0. The minimum Gasteiger partial charge on any atom is -0.467 e. The smallest absolute Gasteiger partial charge is 0.340 e. The van der Waals surface area contributed by atoms with Gasteiger partial charge in [-0.2, -0.15) is 0 Å². The quantitative estimate of drug-likeness (QED) is 0.494. The molecule has 0 aromatic rings. The lowest BCUT2D eigenvalue weighted by Gasteiger charge is -2.24. The van der Waals surface area contributed by atoms with E-state index in [2.05, 4.69) is 20.8 Å². The third kappa shape index (κ3) is 1.70. The molecule has 1 fully saturated rings. The molecule has 0 radical (unpaired) electrons. The predicted octanol–water partition coefficient (Wildman–Crippen LogP) is 1.61. The van der Waals surface area contributed by atoms with Crippen molar-refractivity contribution in [1.82, 2.24) is 0 Å². The van der Waals surface area contributed by atoms with Gasteiger partial charge in [-0.1, -0.05) is 20.8 Å². The topological polar surface area (TPSA) is 38.8 Å². The summed E-state index contributed by atoms with van der Waals surface area (Å²) in [6.07, 6.45) is 0.951. The highest BCUT2D eigenvalue weighted by atomic mass is 16.6. The summed E-state index contributed by atoms with van der Waals surface area (Å²) in [4.78, 5) is 11.5. The standard InChI is InChI=1S/C10H18O3/c1-5-8(7(2)3)10(6-13-10)9(11)12-4/h7-8H,5-6H2,1-4H3. The molecule has 2 unspecified atom stereocenters. The van der Waals surface area contributed by atoms with Crippen LogP contribution in [0.3, 0.4) is 0 Å². The second kappa shape index (κ2) is 3.66. The summed E-state index contributed by atoms with van der Waals surface area (Å²) in [6.45, 7) is 6.83. The van der Waals surface area contributed by atoms with E-state index < -0.39 is 5.60 Å². The fourth-order valence-corrected chi connectivity index (χ4v) is 2.07. The molecule has 0 amide bonds. The SMILES string of the molecule is CCC(C(C)C)C1(C(=O)OC)CO1. The van der Waals surface area contributed by atoms with Crippen LogP contribution < -0.4 is 0 Å². The third-order valence-electron chi connectivity index (χ3n) is 2.83. The second-order valence-corrected chi connectivity index (χ2v) is 3.93. The number of carbonyl (C=O) groups is 1. The maximum atomic E-state index is 11.5. The van der Waals surface area contributed by atoms with Gasteiger partial charge in [0.15, 0.2) is 5.60 Å². The lowest BCUT2D eigenvalue weighted by atomic mass is 9.81. The second-order valence-electron chi connectivity index (χ2n) is 3.93. The molecule has 13 heavy (non-hydrogen) atoms. The molecule has 3 heteroatoms. The highest BCUT2D eigenvalue weighted by molar-refractivity contribution is 5.82. The molecule has 0 spiro atoms. The van der Waals surface area contributed by atoms with E-state index in [0.717, 1.165) is 6.42 Å². The Balaban J connectivity index is 2.72. The van der Waals surface area contributed by atoms with Crippen molar-refractivity contribution in [3.05, 3.63) is 0 Å². The van der Waals surface area contributed by atoms with Crippen LogP contribution in [0.2, 0.25) is 0 Å². The van der Waals surface area contributed by atoms with Crippen molar-refractivity contribution in [2.45, 2.75) is 32.8 Å². The molecular weight excluding hydrogens is 168 g/mol.